The van der Waals surface area contributed by atoms with E-state index in [2.05, 4.69) is 15.9 Å². The van der Waals surface area contributed by atoms with Gasteiger partial charge in [-0.3, -0.25) is 4.79 Å². The minimum Gasteiger partial charge on any atom is -0.469 e. The van der Waals surface area contributed by atoms with Gasteiger partial charge in [0.2, 0.25) is 0 Å². The molecule has 122 valence electrons. The van der Waals surface area contributed by atoms with Crippen LogP contribution in [0.25, 0.3) is 0 Å². The molecule has 1 aromatic rings. The normalized spacial score (nSPS) is 21.7. The number of sulfone groups is 1. The number of carbonyl (C=O) groups is 1. The Hall–Kier alpha value is -0.880. The Morgan fingerprint density at radius 3 is 2.82 bits per heavy atom. The van der Waals surface area contributed by atoms with E-state index in [-0.39, 0.29) is 17.6 Å². The summed E-state index contributed by atoms with van der Waals surface area (Å²) in [5, 5.41) is 0.639. The van der Waals surface area contributed by atoms with Gasteiger partial charge in [-0.25, -0.2) is 8.42 Å². The van der Waals surface area contributed by atoms with Gasteiger partial charge in [0, 0.05) is 5.33 Å². The lowest BCUT2D eigenvalue weighted by Gasteiger charge is -2.11. The van der Waals surface area contributed by atoms with Crippen LogP contribution >= 0.6 is 15.9 Å². The number of benzene rings is 1. The van der Waals surface area contributed by atoms with Crippen LogP contribution in [0.1, 0.15) is 31.2 Å². The maximum Gasteiger partial charge on any atom is 0.308 e. The van der Waals surface area contributed by atoms with Gasteiger partial charge in [-0.05, 0) is 49.3 Å². The monoisotopic (exact) mass is 388 g/mol. The lowest BCUT2D eigenvalue weighted by atomic mass is 10.0. The van der Waals surface area contributed by atoms with Gasteiger partial charge in [-0.1, -0.05) is 28.1 Å². The fourth-order valence-corrected chi connectivity index (χ4v) is 4.82. The number of halogens is 1. The molecule has 1 aromatic carbocycles. The van der Waals surface area contributed by atoms with Gasteiger partial charge in [0.15, 0.2) is 9.84 Å². The summed E-state index contributed by atoms with van der Waals surface area (Å²) >= 11 is 3.34. The molecule has 0 heterocycles. The number of rotatable bonds is 6. The SMILES string of the molecule is COC(=O)C1CCC(CCS(=O)(=O)c2cccc(CBr)c2)C1. The molecule has 1 saturated carbocycles. The highest BCUT2D eigenvalue weighted by Crippen LogP contribution is 2.34. The quantitative estimate of drug-likeness (QED) is 0.553. The average molecular weight is 389 g/mol. The Morgan fingerprint density at radius 1 is 1.36 bits per heavy atom. The molecule has 0 radical (unpaired) electrons. The third-order valence-corrected chi connectivity index (χ3v) is 6.68. The summed E-state index contributed by atoms with van der Waals surface area (Å²) in [5.74, 6) is 0.195. The number of hydrogen-bond acceptors (Lipinski definition) is 4. The van der Waals surface area contributed by atoms with E-state index in [1.807, 2.05) is 6.07 Å². The van der Waals surface area contributed by atoms with E-state index < -0.39 is 9.84 Å². The second-order valence-corrected chi connectivity index (χ2v) is 8.46. The number of methoxy groups -OCH3 is 1. The van der Waals surface area contributed by atoms with Crippen molar-refractivity contribution in [3.8, 4) is 0 Å². The summed E-state index contributed by atoms with van der Waals surface area (Å²) in [4.78, 5) is 11.9. The first-order chi connectivity index (χ1) is 10.5. The van der Waals surface area contributed by atoms with Gasteiger partial charge in [0.25, 0.3) is 0 Å². The van der Waals surface area contributed by atoms with E-state index >= 15 is 0 Å². The molecule has 0 aromatic heterocycles. The summed E-state index contributed by atoms with van der Waals surface area (Å²) in [7, 11) is -1.86. The summed E-state index contributed by atoms with van der Waals surface area (Å²) in [6.07, 6.45) is 3.05. The zero-order valence-corrected chi connectivity index (χ0v) is 15.0. The molecule has 0 spiro atoms. The summed E-state index contributed by atoms with van der Waals surface area (Å²) in [5.41, 5.74) is 0.952. The first-order valence-electron chi connectivity index (χ1n) is 7.41. The Morgan fingerprint density at radius 2 is 2.14 bits per heavy atom. The van der Waals surface area contributed by atoms with Gasteiger partial charge < -0.3 is 4.74 Å². The molecule has 0 amide bonds. The molecule has 22 heavy (non-hydrogen) atoms. The first kappa shape index (κ1) is 17.5. The minimum atomic E-state index is -3.26. The summed E-state index contributed by atoms with van der Waals surface area (Å²) < 4.78 is 29.6. The van der Waals surface area contributed by atoms with Crippen molar-refractivity contribution in [2.75, 3.05) is 12.9 Å². The molecule has 0 aliphatic heterocycles. The van der Waals surface area contributed by atoms with Gasteiger partial charge in [-0.2, -0.15) is 0 Å². The number of esters is 1. The molecule has 0 bridgehead atoms. The van der Waals surface area contributed by atoms with Crippen molar-refractivity contribution in [1.29, 1.82) is 0 Å². The van der Waals surface area contributed by atoms with Crippen molar-refractivity contribution in [2.24, 2.45) is 11.8 Å². The van der Waals surface area contributed by atoms with Crippen molar-refractivity contribution in [3.63, 3.8) is 0 Å². The molecule has 4 nitrogen and oxygen atoms in total. The molecule has 2 unspecified atom stereocenters. The highest BCUT2D eigenvalue weighted by molar-refractivity contribution is 9.08. The van der Waals surface area contributed by atoms with Crippen molar-refractivity contribution in [3.05, 3.63) is 29.8 Å². The molecule has 2 rings (SSSR count). The number of ether oxygens (including phenoxy) is 1. The lowest BCUT2D eigenvalue weighted by molar-refractivity contribution is -0.145. The Balaban J connectivity index is 1.94. The van der Waals surface area contributed by atoms with Crippen LogP contribution < -0.4 is 0 Å². The number of hydrogen-bond donors (Lipinski definition) is 0. The minimum absolute atomic E-state index is 0.0607. The van der Waals surface area contributed by atoms with Crippen molar-refractivity contribution in [2.45, 2.75) is 35.9 Å². The van der Waals surface area contributed by atoms with E-state index in [0.717, 1.165) is 24.8 Å². The largest absolute Gasteiger partial charge is 0.469 e. The van der Waals surface area contributed by atoms with Gasteiger partial charge in [0.1, 0.15) is 0 Å². The zero-order chi connectivity index (χ0) is 16.2. The molecule has 1 fully saturated rings. The Bertz CT molecular complexity index is 627. The Labute approximate surface area is 140 Å². The molecule has 0 N–H and O–H groups in total. The van der Waals surface area contributed by atoms with Crippen molar-refractivity contribution >= 4 is 31.7 Å². The van der Waals surface area contributed by atoms with Gasteiger partial charge in [0.05, 0.1) is 23.7 Å². The van der Waals surface area contributed by atoms with Gasteiger partial charge >= 0.3 is 5.97 Å². The van der Waals surface area contributed by atoms with E-state index in [1.165, 1.54) is 7.11 Å². The highest BCUT2D eigenvalue weighted by atomic mass is 79.9. The maximum absolute atomic E-state index is 12.4. The van der Waals surface area contributed by atoms with Crippen LogP contribution in [0.3, 0.4) is 0 Å². The predicted octanol–water partition coefficient (Wildman–Crippen LogP) is 3.33. The van der Waals surface area contributed by atoms with E-state index in [1.54, 1.807) is 18.2 Å². The lowest BCUT2D eigenvalue weighted by Crippen LogP contribution is -2.14. The molecule has 1 aliphatic rings. The third kappa shape index (κ3) is 4.32. The maximum atomic E-state index is 12.4. The number of alkyl halides is 1. The molecular weight excluding hydrogens is 368 g/mol. The second kappa shape index (κ2) is 7.59. The van der Waals surface area contributed by atoms with Crippen LogP contribution in [0.4, 0.5) is 0 Å². The van der Waals surface area contributed by atoms with Crippen molar-refractivity contribution in [1.82, 2.24) is 0 Å². The van der Waals surface area contributed by atoms with Gasteiger partial charge in [-0.15, -0.1) is 0 Å². The third-order valence-electron chi connectivity index (χ3n) is 4.28. The predicted molar refractivity (Wildman–Crippen MR) is 88.6 cm³/mol. The molecule has 1 aliphatic carbocycles. The topological polar surface area (TPSA) is 60.4 Å². The van der Waals surface area contributed by atoms with Crippen molar-refractivity contribution < 1.29 is 17.9 Å². The fraction of sp³-hybridized carbons (Fsp3) is 0.562. The summed E-state index contributed by atoms with van der Waals surface area (Å²) in [6.45, 7) is 0. The molecular formula is C16H21BrO4S. The van der Waals surface area contributed by atoms with E-state index in [4.69, 9.17) is 4.74 Å². The standard InChI is InChI=1S/C16H21BrO4S/c1-21-16(18)14-6-5-12(9-14)7-8-22(19,20)15-4-2-3-13(10-15)11-17/h2-4,10,12,14H,5-9,11H2,1H3. The van der Waals surface area contributed by atoms with E-state index in [9.17, 15) is 13.2 Å². The van der Waals surface area contributed by atoms with Crippen LogP contribution in [0.5, 0.6) is 0 Å². The van der Waals surface area contributed by atoms with Crippen LogP contribution in [0.2, 0.25) is 0 Å². The second-order valence-electron chi connectivity index (χ2n) is 5.79. The van der Waals surface area contributed by atoms with Crippen LogP contribution in [-0.2, 0) is 24.7 Å². The molecule has 0 saturated heterocycles. The number of carbonyl (C=O) groups excluding carboxylic acids is 1. The first-order valence-corrected chi connectivity index (χ1v) is 10.2. The fourth-order valence-electron chi connectivity index (χ4n) is 2.98. The zero-order valence-electron chi connectivity index (χ0n) is 12.6. The van der Waals surface area contributed by atoms with Crippen LogP contribution in [0, 0.1) is 11.8 Å². The van der Waals surface area contributed by atoms with Crippen LogP contribution in [0.15, 0.2) is 29.2 Å². The van der Waals surface area contributed by atoms with E-state index in [0.29, 0.717) is 22.6 Å². The average Bonchev–Trinajstić information content (AvgIpc) is 3.01. The highest BCUT2D eigenvalue weighted by Gasteiger charge is 2.31. The van der Waals surface area contributed by atoms with Crippen LogP contribution in [-0.4, -0.2) is 27.2 Å². The Kier molecular flexibility index (Phi) is 6.03. The molecule has 2 atom stereocenters. The summed E-state index contributed by atoms with van der Waals surface area (Å²) in [6, 6.07) is 7.03. The molecule has 6 heteroatoms. The smallest absolute Gasteiger partial charge is 0.308 e.